The van der Waals surface area contributed by atoms with Crippen LogP contribution in [0.2, 0.25) is 0 Å². The molecular formula is C63H74N2O4S6. The standard InChI is InChI=1S/C63H74N2O4S6/c1-7-11-15-19-25-48-50(27-21-17-13-9-3)59(74-57(48)52-29-23-39-70-52)54-37-35-46(72-54)33-31-44-41-43(56-61(66)64(5)63(68)65(6)62(56)67)42-45(69-44)32-34-47-36-38-55(73-47)60-51(28-22-18-14-10-4)49(26-20-16-12-8-2)58(75-60)53-30-24-40-71-53/h23-24,29-42H,7-22,25-28H2,1-6H3/b33-31+,34-32+. The van der Waals surface area contributed by atoms with Gasteiger partial charge in [-0.15, -0.1) is 68.0 Å². The summed E-state index contributed by atoms with van der Waals surface area (Å²) in [6.07, 6.45) is 35.6. The Labute approximate surface area is 470 Å². The van der Waals surface area contributed by atoms with Gasteiger partial charge in [-0.25, -0.2) is 4.79 Å². The Morgan fingerprint density at radius 3 is 1.16 bits per heavy atom. The van der Waals surface area contributed by atoms with Crippen LogP contribution >= 0.6 is 68.0 Å². The van der Waals surface area contributed by atoms with Gasteiger partial charge in [0.15, 0.2) is 0 Å². The first-order valence-electron chi connectivity index (χ1n) is 27.5. The molecule has 0 bridgehead atoms. The van der Waals surface area contributed by atoms with E-state index in [1.54, 1.807) is 46.0 Å². The second kappa shape index (κ2) is 28.1. The summed E-state index contributed by atoms with van der Waals surface area (Å²) in [7, 11) is 2.83. The molecule has 75 heavy (non-hydrogen) atoms. The molecule has 2 aliphatic heterocycles. The average Bonchev–Trinajstić information content (AvgIpc) is 4.30. The van der Waals surface area contributed by atoms with E-state index in [1.165, 1.54) is 167 Å². The number of hydrogen-bond donors (Lipinski definition) is 0. The van der Waals surface area contributed by atoms with E-state index in [9.17, 15) is 14.4 Å². The normalized spacial score (nSPS) is 14.4. The molecule has 8 heterocycles. The van der Waals surface area contributed by atoms with Crippen LogP contribution in [0.1, 0.15) is 162 Å². The molecule has 6 aromatic rings. The maximum atomic E-state index is 13.7. The number of nitrogens with zero attached hydrogens (tertiary/aromatic N) is 2. The van der Waals surface area contributed by atoms with Crippen molar-refractivity contribution in [3.8, 4) is 39.0 Å². The number of likely N-dealkylation sites (N-methyl/N-ethyl adjacent to an activating group) is 2. The van der Waals surface area contributed by atoms with Crippen LogP contribution in [0.25, 0.3) is 51.2 Å². The summed E-state index contributed by atoms with van der Waals surface area (Å²) in [6.45, 7) is 9.12. The summed E-state index contributed by atoms with van der Waals surface area (Å²) in [4.78, 5) is 55.4. The van der Waals surface area contributed by atoms with Crippen LogP contribution in [-0.2, 0) is 40.0 Å². The van der Waals surface area contributed by atoms with Crippen LogP contribution in [-0.4, -0.2) is 41.7 Å². The van der Waals surface area contributed by atoms with Gasteiger partial charge in [-0.3, -0.25) is 19.4 Å². The van der Waals surface area contributed by atoms with Gasteiger partial charge in [0.05, 0.1) is 0 Å². The number of carbonyl (C=O) groups is 3. The molecule has 0 radical (unpaired) electrons. The molecule has 0 aromatic carbocycles. The number of rotatable bonds is 28. The van der Waals surface area contributed by atoms with Crippen LogP contribution in [0.15, 0.2) is 106 Å². The highest BCUT2D eigenvalue weighted by molar-refractivity contribution is 7.27. The number of unbranched alkanes of at least 4 members (excludes halogenated alkanes) is 12. The number of hydrogen-bond acceptors (Lipinski definition) is 10. The molecule has 0 N–H and O–H groups in total. The van der Waals surface area contributed by atoms with Crippen LogP contribution < -0.4 is 0 Å². The lowest BCUT2D eigenvalue weighted by Gasteiger charge is -2.30. The van der Waals surface area contributed by atoms with Crippen molar-refractivity contribution in [3.05, 3.63) is 138 Å². The zero-order valence-electron chi connectivity index (χ0n) is 44.9. The van der Waals surface area contributed by atoms with Gasteiger partial charge in [0.1, 0.15) is 17.1 Å². The van der Waals surface area contributed by atoms with Gasteiger partial charge < -0.3 is 4.74 Å². The summed E-state index contributed by atoms with van der Waals surface area (Å²) in [5, 5.41) is 4.39. The second-order valence-corrected chi connectivity index (χ2v) is 25.9. The number of thiophene rings is 6. The molecule has 12 heteroatoms. The highest BCUT2D eigenvalue weighted by Crippen LogP contribution is 2.49. The van der Waals surface area contributed by atoms with E-state index in [0.717, 1.165) is 45.2 Å². The van der Waals surface area contributed by atoms with Crippen molar-refractivity contribution < 1.29 is 19.1 Å². The van der Waals surface area contributed by atoms with Crippen molar-refractivity contribution in [2.75, 3.05) is 14.1 Å². The summed E-state index contributed by atoms with van der Waals surface area (Å²) in [5.41, 5.74) is 6.49. The van der Waals surface area contributed by atoms with Crippen molar-refractivity contribution in [3.63, 3.8) is 0 Å². The summed E-state index contributed by atoms with van der Waals surface area (Å²) >= 11 is 11.2. The van der Waals surface area contributed by atoms with E-state index in [2.05, 4.69) is 99.1 Å². The van der Waals surface area contributed by atoms with Crippen molar-refractivity contribution in [1.82, 2.24) is 9.80 Å². The number of ether oxygens (including phenoxy) is 1. The van der Waals surface area contributed by atoms with E-state index in [0.29, 0.717) is 17.1 Å². The molecule has 8 rings (SSSR count). The maximum absolute atomic E-state index is 13.7. The summed E-state index contributed by atoms with van der Waals surface area (Å²) in [6, 6.07) is 17.2. The Balaban J connectivity index is 1.10. The molecule has 4 amide bonds. The fourth-order valence-electron chi connectivity index (χ4n) is 9.96. The molecule has 6 aromatic heterocycles. The van der Waals surface area contributed by atoms with Crippen LogP contribution in [0, 0.1) is 0 Å². The van der Waals surface area contributed by atoms with Crippen molar-refractivity contribution >= 4 is 98.0 Å². The third-order valence-electron chi connectivity index (χ3n) is 14.1. The van der Waals surface area contributed by atoms with Crippen molar-refractivity contribution in [2.24, 2.45) is 0 Å². The fraction of sp³-hybridized carbons (Fsp3) is 0.413. The third-order valence-corrected chi connectivity index (χ3v) is 21.2. The lowest BCUT2D eigenvalue weighted by atomic mass is 9.96. The van der Waals surface area contributed by atoms with Gasteiger partial charge in [-0.2, -0.15) is 0 Å². The molecular weight excluding hydrogens is 1040 g/mol. The summed E-state index contributed by atoms with van der Waals surface area (Å²) < 4.78 is 6.59. The van der Waals surface area contributed by atoms with Crippen LogP contribution in [0.4, 0.5) is 4.79 Å². The zero-order chi connectivity index (χ0) is 52.7. The topological polar surface area (TPSA) is 66.9 Å². The smallest absolute Gasteiger partial charge is 0.333 e. The number of amides is 4. The molecule has 1 saturated heterocycles. The van der Waals surface area contributed by atoms with E-state index < -0.39 is 17.8 Å². The first-order chi connectivity index (χ1) is 36.6. The van der Waals surface area contributed by atoms with E-state index >= 15 is 0 Å². The number of allylic oxidation sites excluding steroid dienone is 5. The lowest BCUT2D eigenvalue weighted by Crippen LogP contribution is -2.53. The Kier molecular flexibility index (Phi) is 21.2. The van der Waals surface area contributed by atoms with E-state index in [4.69, 9.17) is 4.74 Å². The second-order valence-electron chi connectivity index (χ2n) is 19.7. The predicted octanol–water partition coefficient (Wildman–Crippen LogP) is 20.1. The SMILES string of the molecule is CCCCCCc1c(-c2cccs2)sc(-c2ccc(/C=C/C3=CC(=C4C(=O)N(C)C(=O)N(C)C4=O)C=C(/C=C/c4ccc(-c5sc(-c6cccs6)c(CCCCCC)c5CCCCCC)s4)O3)s2)c1CCCCCC. The minimum atomic E-state index is -0.654. The highest BCUT2D eigenvalue weighted by Gasteiger charge is 2.40. The minimum absolute atomic E-state index is 0.0658. The Morgan fingerprint density at radius 1 is 0.440 bits per heavy atom. The third kappa shape index (κ3) is 14.1. The number of barbiturate groups is 1. The van der Waals surface area contributed by atoms with Gasteiger partial charge in [-0.1, -0.05) is 117 Å². The summed E-state index contributed by atoms with van der Waals surface area (Å²) in [5.74, 6) is -0.284. The van der Waals surface area contributed by atoms with Gasteiger partial charge in [0.25, 0.3) is 11.8 Å². The monoisotopic (exact) mass is 1110 g/mol. The largest absolute Gasteiger partial charge is 0.457 e. The average molecular weight is 1120 g/mol. The Morgan fingerprint density at radius 2 is 0.813 bits per heavy atom. The predicted molar refractivity (Wildman–Crippen MR) is 327 cm³/mol. The van der Waals surface area contributed by atoms with Gasteiger partial charge in [0.2, 0.25) is 0 Å². The van der Waals surface area contributed by atoms with Gasteiger partial charge in [0, 0.05) is 68.4 Å². The molecule has 0 saturated carbocycles. The molecule has 396 valence electrons. The minimum Gasteiger partial charge on any atom is -0.457 e. The molecule has 0 unspecified atom stereocenters. The highest BCUT2D eigenvalue weighted by atomic mass is 32.1. The van der Waals surface area contributed by atoms with E-state index in [-0.39, 0.29) is 5.57 Å². The molecule has 1 fully saturated rings. The zero-order valence-corrected chi connectivity index (χ0v) is 49.8. The number of carbonyl (C=O) groups excluding carboxylic acids is 3. The van der Waals surface area contributed by atoms with Crippen LogP contribution in [0.3, 0.4) is 0 Å². The molecule has 6 nitrogen and oxygen atoms in total. The molecule has 0 spiro atoms. The van der Waals surface area contributed by atoms with Crippen molar-refractivity contribution in [1.29, 1.82) is 0 Å². The van der Waals surface area contributed by atoms with Crippen LogP contribution in [0.5, 0.6) is 0 Å². The Bertz CT molecular complexity index is 2820. The Hall–Kier alpha value is -4.69. The number of imide groups is 2. The fourth-order valence-corrected chi connectivity index (χ4v) is 16.6. The molecule has 2 aliphatic rings. The van der Waals surface area contributed by atoms with Gasteiger partial charge >= 0.3 is 6.03 Å². The van der Waals surface area contributed by atoms with Gasteiger partial charge in [-0.05, 0) is 157 Å². The maximum Gasteiger partial charge on any atom is 0.333 e. The lowest BCUT2D eigenvalue weighted by molar-refractivity contribution is -0.134. The first-order valence-corrected chi connectivity index (χ1v) is 32.5. The first kappa shape index (κ1) is 56.5. The van der Waals surface area contributed by atoms with Crippen molar-refractivity contribution in [2.45, 2.75) is 156 Å². The quantitative estimate of drug-likeness (QED) is 0.0279. The number of urea groups is 1. The molecule has 0 aliphatic carbocycles. The van der Waals surface area contributed by atoms with E-state index in [1.807, 2.05) is 57.5 Å². The molecule has 0 atom stereocenters.